The van der Waals surface area contributed by atoms with Crippen LogP contribution >= 0.6 is 11.3 Å². The topological polar surface area (TPSA) is 53.5 Å². The average molecular weight is 466 g/mol. The van der Waals surface area contributed by atoms with Crippen LogP contribution in [-0.2, 0) is 28.7 Å². The van der Waals surface area contributed by atoms with Crippen molar-refractivity contribution in [2.75, 3.05) is 19.6 Å². The summed E-state index contributed by atoms with van der Waals surface area (Å²) in [6, 6.07) is 5.02. The fourth-order valence-corrected chi connectivity index (χ4v) is 5.29. The molecule has 1 aromatic carbocycles. The highest BCUT2D eigenvalue weighted by molar-refractivity contribution is 7.15. The molecule has 2 amide bonds. The first-order valence-corrected chi connectivity index (χ1v) is 11.7. The predicted molar refractivity (Wildman–Crippen MR) is 116 cm³/mol. The Balaban J connectivity index is 1.33. The van der Waals surface area contributed by atoms with Gasteiger partial charge in [0, 0.05) is 49.3 Å². The van der Waals surface area contributed by atoms with E-state index in [0.717, 1.165) is 35.7 Å². The van der Waals surface area contributed by atoms with Gasteiger partial charge in [0.2, 0.25) is 11.8 Å². The molecule has 0 unspecified atom stereocenters. The number of piperidine rings is 1. The lowest BCUT2D eigenvalue weighted by Crippen LogP contribution is -2.40. The number of amides is 2. The van der Waals surface area contributed by atoms with Gasteiger partial charge in [-0.05, 0) is 30.9 Å². The Hall–Kier alpha value is -2.42. The van der Waals surface area contributed by atoms with Gasteiger partial charge in [0.05, 0.1) is 17.8 Å². The lowest BCUT2D eigenvalue weighted by molar-refractivity contribution is -0.137. The lowest BCUT2D eigenvalue weighted by atomic mass is 9.99. The standard InChI is InChI=1S/C23H26F3N3O2S/c1-15-4-9-21(31)28(13-15)11-2-3-20(30)29-12-10-19-18(14-29)27-22(32-19)16-5-7-17(8-6-16)23(24,25)26/h5-8,15H,2-4,9-14H2,1H3/t15-/m1/s1. The average Bonchev–Trinajstić information content (AvgIpc) is 3.19. The van der Waals surface area contributed by atoms with Crippen LogP contribution in [0.15, 0.2) is 24.3 Å². The number of alkyl halides is 3. The molecule has 0 radical (unpaired) electrons. The number of halogens is 3. The summed E-state index contributed by atoms with van der Waals surface area (Å²) in [7, 11) is 0. The molecule has 5 nitrogen and oxygen atoms in total. The van der Waals surface area contributed by atoms with Crippen molar-refractivity contribution in [1.82, 2.24) is 14.8 Å². The fraction of sp³-hybridized carbons (Fsp3) is 0.522. The van der Waals surface area contributed by atoms with Gasteiger partial charge in [-0.1, -0.05) is 19.1 Å². The first kappa shape index (κ1) is 22.8. The van der Waals surface area contributed by atoms with Crippen molar-refractivity contribution < 1.29 is 22.8 Å². The van der Waals surface area contributed by atoms with Gasteiger partial charge in [0.1, 0.15) is 5.01 Å². The highest BCUT2D eigenvalue weighted by Gasteiger charge is 2.30. The van der Waals surface area contributed by atoms with Gasteiger partial charge in [-0.3, -0.25) is 9.59 Å². The number of nitrogens with zero attached hydrogens (tertiary/aromatic N) is 3. The van der Waals surface area contributed by atoms with E-state index in [1.807, 2.05) is 4.90 Å². The van der Waals surface area contributed by atoms with E-state index < -0.39 is 11.7 Å². The van der Waals surface area contributed by atoms with Crippen LogP contribution in [0.4, 0.5) is 13.2 Å². The van der Waals surface area contributed by atoms with Crippen LogP contribution in [0.25, 0.3) is 10.6 Å². The van der Waals surface area contributed by atoms with Crippen LogP contribution in [0.5, 0.6) is 0 Å². The first-order chi connectivity index (χ1) is 15.2. The Morgan fingerprint density at radius 3 is 2.69 bits per heavy atom. The summed E-state index contributed by atoms with van der Waals surface area (Å²) in [6.07, 6.45) is -1.10. The van der Waals surface area contributed by atoms with Crippen LogP contribution in [0, 0.1) is 5.92 Å². The zero-order valence-corrected chi connectivity index (χ0v) is 18.8. The van der Waals surface area contributed by atoms with E-state index in [9.17, 15) is 22.8 Å². The summed E-state index contributed by atoms with van der Waals surface area (Å²) in [4.78, 5) is 34.1. The summed E-state index contributed by atoms with van der Waals surface area (Å²) in [5, 5.41) is 0.677. The molecule has 1 saturated heterocycles. The van der Waals surface area contributed by atoms with Gasteiger partial charge >= 0.3 is 6.18 Å². The third-order valence-electron chi connectivity index (χ3n) is 6.09. The molecule has 9 heteroatoms. The fourth-order valence-electron chi connectivity index (χ4n) is 4.23. The van der Waals surface area contributed by atoms with E-state index in [1.165, 1.54) is 23.5 Å². The first-order valence-electron chi connectivity index (χ1n) is 10.9. The molecular formula is C23H26F3N3O2S. The quantitative estimate of drug-likeness (QED) is 0.640. The minimum atomic E-state index is -4.36. The monoisotopic (exact) mass is 465 g/mol. The van der Waals surface area contributed by atoms with Crippen LogP contribution in [0.1, 0.15) is 48.7 Å². The van der Waals surface area contributed by atoms with Crippen molar-refractivity contribution >= 4 is 23.2 Å². The molecule has 32 heavy (non-hydrogen) atoms. The number of thiazole rings is 1. The van der Waals surface area contributed by atoms with Crippen molar-refractivity contribution in [1.29, 1.82) is 0 Å². The van der Waals surface area contributed by atoms with Crippen LogP contribution in [0.3, 0.4) is 0 Å². The van der Waals surface area contributed by atoms with Gasteiger partial charge in [-0.2, -0.15) is 13.2 Å². The summed E-state index contributed by atoms with van der Waals surface area (Å²) >= 11 is 1.48. The smallest absolute Gasteiger partial charge is 0.342 e. The van der Waals surface area contributed by atoms with E-state index in [2.05, 4.69) is 11.9 Å². The van der Waals surface area contributed by atoms with Gasteiger partial charge < -0.3 is 9.80 Å². The summed E-state index contributed by atoms with van der Waals surface area (Å²) < 4.78 is 38.4. The lowest BCUT2D eigenvalue weighted by Gasteiger charge is -2.31. The summed E-state index contributed by atoms with van der Waals surface area (Å²) in [5.74, 6) is 0.737. The van der Waals surface area contributed by atoms with Crippen molar-refractivity contribution in [3.8, 4) is 10.6 Å². The van der Waals surface area contributed by atoms with Crippen LogP contribution in [-0.4, -0.2) is 46.2 Å². The van der Waals surface area contributed by atoms with Gasteiger partial charge in [-0.25, -0.2) is 4.98 Å². The molecule has 4 rings (SSSR count). The van der Waals surface area contributed by atoms with Crippen molar-refractivity contribution in [2.24, 2.45) is 5.92 Å². The van der Waals surface area contributed by atoms with Gasteiger partial charge in [-0.15, -0.1) is 11.3 Å². The Kier molecular flexibility index (Phi) is 6.55. The third kappa shape index (κ3) is 5.14. The van der Waals surface area contributed by atoms with E-state index in [1.54, 1.807) is 4.90 Å². The molecule has 0 N–H and O–H groups in total. The Morgan fingerprint density at radius 1 is 1.22 bits per heavy atom. The highest BCUT2D eigenvalue weighted by Crippen LogP contribution is 2.34. The number of aromatic nitrogens is 1. The molecule has 0 saturated carbocycles. The maximum absolute atomic E-state index is 12.8. The van der Waals surface area contributed by atoms with Crippen molar-refractivity contribution in [2.45, 2.75) is 51.7 Å². The Morgan fingerprint density at radius 2 is 1.97 bits per heavy atom. The number of fused-ring (bicyclic) bond motifs is 1. The number of rotatable bonds is 5. The molecule has 1 atom stereocenters. The second-order valence-corrected chi connectivity index (χ2v) is 9.70. The molecule has 1 aromatic heterocycles. The van der Waals surface area contributed by atoms with Gasteiger partial charge in [0.25, 0.3) is 0 Å². The second kappa shape index (κ2) is 9.21. The zero-order chi connectivity index (χ0) is 22.9. The van der Waals surface area contributed by atoms with E-state index in [-0.39, 0.29) is 11.8 Å². The normalized spacial score (nSPS) is 19.2. The largest absolute Gasteiger partial charge is 0.416 e. The minimum Gasteiger partial charge on any atom is -0.342 e. The number of likely N-dealkylation sites (tertiary alicyclic amines) is 1. The molecule has 0 aliphatic carbocycles. The number of carbonyl (C=O) groups excluding carboxylic acids is 2. The van der Waals surface area contributed by atoms with E-state index >= 15 is 0 Å². The van der Waals surface area contributed by atoms with Crippen molar-refractivity contribution in [3.63, 3.8) is 0 Å². The maximum atomic E-state index is 12.8. The summed E-state index contributed by atoms with van der Waals surface area (Å²) in [6.45, 7) is 4.56. The Labute approximate surface area is 189 Å². The molecular weight excluding hydrogens is 439 g/mol. The highest BCUT2D eigenvalue weighted by atomic mass is 32.1. The number of carbonyl (C=O) groups is 2. The Bertz CT molecular complexity index is 987. The van der Waals surface area contributed by atoms with E-state index in [0.29, 0.717) is 61.8 Å². The number of hydrogen-bond donors (Lipinski definition) is 0. The summed E-state index contributed by atoms with van der Waals surface area (Å²) in [5.41, 5.74) is 0.792. The SMILES string of the molecule is C[C@@H]1CCC(=O)N(CCCC(=O)N2CCc3sc(-c4ccc(C(F)(F)F)cc4)nc3C2)C1. The number of benzene rings is 1. The van der Waals surface area contributed by atoms with Crippen molar-refractivity contribution in [3.05, 3.63) is 40.4 Å². The minimum absolute atomic E-state index is 0.0530. The van der Waals surface area contributed by atoms with E-state index in [4.69, 9.17) is 0 Å². The molecule has 0 spiro atoms. The van der Waals surface area contributed by atoms with Gasteiger partial charge in [0.15, 0.2) is 0 Å². The second-order valence-electron chi connectivity index (χ2n) is 8.62. The number of hydrogen-bond acceptors (Lipinski definition) is 4. The van der Waals surface area contributed by atoms with Crippen LogP contribution in [0.2, 0.25) is 0 Å². The zero-order valence-electron chi connectivity index (χ0n) is 18.0. The molecule has 3 heterocycles. The maximum Gasteiger partial charge on any atom is 0.416 e. The van der Waals surface area contributed by atoms with Crippen LogP contribution < -0.4 is 0 Å². The molecule has 2 aliphatic heterocycles. The molecule has 2 aliphatic rings. The molecule has 2 aromatic rings. The molecule has 1 fully saturated rings. The molecule has 0 bridgehead atoms. The predicted octanol–water partition coefficient (Wildman–Crippen LogP) is 4.75. The third-order valence-corrected chi connectivity index (χ3v) is 7.30. The molecule has 172 valence electrons.